The highest BCUT2D eigenvalue weighted by atomic mass is 32.1. The van der Waals surface area contributed by atoms with Crippen LogP contribution < -0.4 is 15.8 Å². The number of primary amides is 1. The van der Waals surface area contributed by atoms with E-state index >= 15 is 0 Å². The summed E-state index contributed by atoms with van der Waals surface area (Å²) < 4.78 is 5.74. The second-order valence-electron chi connectivity index (χ2n) is 5.66. The fourth-order valence-corrected chi connectivity index (χ4v) is 3.11. The Morgan fingerprint density at radius 3 is 2.38 bits per heavy atom. The lowest BCUT2D eigenvalue weighted by Gasteiger charge is -2.08. The molecule has 1 aromatic heterocycles. The van der Waals surface area contributed by atoms with Crippen molar-refractivity contribution in [2.45, 2.75) is 13.2 Å². The number of ether oxygens (including phenoxy) is 1. The van der Waals surface area contributed by atoms with E-state index in [0.29, 0.717) is 23.6 Å². The van der Waals surface area contributed by atoms with Crippen molar-refractivity contribution < 1.29 is 14.3 Å². The lowest BCUT2D eigenvalue weighted by molar-refractivity contribution is 0.0955. The van der Waals surface area contributed by atoms with E-state index in [1.54, 1.807) is 5.38 Å². The Labute approximate surface area is 155 Å². The predicted molar refractivity (Wildman–Crippen MR) is 101 cm³/mol. The van der Waals surface area contributed by atoms with Gasteiger partial charge < -0.3 is 15.8 Å². The van der Waals surface area contributed by atoms with Crippen LogP contribution in [0.25, 0.3) is 0 Å². The van der Waals surface area contributed by atoms with Gasteiger partial charge in [-0.2, -0.15) is 0 Å². The molecule has 6 heteroatoms. The maximum Gasteiger partial charge on any atom is 0.261 e. The van der Waals surface area contributed by atoms with Gasteiger partial charge in [-0.1, -0.05) is 42.5 Å². The van der Waals surface area contributed by atoms with Crippen LogP contribution in [0.1, 0.15) is 31.2 Å². The predicted octanol–water partition coefficient (Wildman–Crippen LogP) is 3.36. The molecule has 0 spiro atoms. The average Bonchev–Trinajstić information content (AvgIpc) is 3.17. The zero-order valence-electron chi connectivity index (χ0n) is 14.0. The minimum absolute atomic E-state index is 0.230. The summed E-state index contributed by atoms with van der Waals surface area (Å²) in [4.78, 5) is 23.6. The SMILES string of the molecule is NC(=O)c1csc(C(=O)NCc2ccc(OCc3ccccc3)cc2)c1. The van der Waals surface area contributed by atoms with Crippen LogP contribution in [-0.4, -0.2) is 11.8 Å². The summed E-state index contributed by atoms with van der Waals surface area (Å²) in [5, 5.41) is 4.40. The summed E-state index contributed by atoms with van der Waals surface area (Å²) in [5.41, 5.74) is 7.60. The van der Waals surface area contributed by atoms with Crippen molar-refractivity contribution in [1.29, 1.82) is 0 Å². The second-order valence-corrected chi connectivity index (χ2v) is 6.58. The van der Waals surface area contributed by atoms with Crippen molar-refractivity contribution in [3.63, 3.8) is 0 Å². The standard InChI is InChI=1S/C20H18N2O3S/c21-19(23)16-10-18(26-13-16)20(24)22-11-14-6-8-17(9-7-14)25-12-15-4-2-1-3-5-15/h1-10,13H,11-12H2,(H2,21,23)(H,22,24). The first-order chi connectivity index (χ1) is 12.6. The molecule has 0 saturated carbocycles. The Balaban J connectivity index is 1.50. The van der Waals surface area contributed by atoms with E-state index in [9.17, 15) is 9.59 Å². The highest BCUT2D eigenvalue weighted by molar-refractivity contribution is 7.12. The fraction of sp³-hybridized carbons (Fsp3) is 0.100. The number of hydrogen-bond donors (Lipinski definition) is 2. The quantitative estimate of drug-likeness (QED) is 0.673. The van der Waals surface area contributed by atoms with Crippen molar-refractivity contribution >= 4 is 23.2 Å². The Bertz CT molecular complexity index is 889. The average molecular weight is 366 g/mol. The minimum atomic E-state index is -0.536. The van der Waals surface area contributed by atoms with Gasteiger partial charge in [-0.3, -0.25) is 9.59 Å². The van der Waals surface area contributed by atoms with Gasteiger partial charge in [0.2, 0.25) is 5.91 Å². The molecule has 26 heavy (non-hydrogen) atoms. The summed E-state index contributed by atoms with van der Waals surface area (Å²) in [5.74, 6) is 0.00609. The van der Waals surface area contributed by atoms with Gasteiger partial charge in [-0.05, 0) is 29.3 Å². The molecule has 0 aliphatic rings. The van der Waals surface area contributed by atoms with Crippen LogP contribution in [0.2, 0.25) is 0 Å². The third-order valence-corrected chi connectivity index (χ3v) is 4.66. The Morgan fingerprint density at radius 2 is 1.73 bits per heavy atom. The van der Waals surface area contributed by atoms with Crippen molar-refractivity contribution in [3.05, 3.63) is 87.6 Å². The molecule has 0 radical (unpaired) electrons. The topological polar surface area (TPSA) is 81.4 Å². The lowest BCUT2D eigenvalue weighted by atomic mass is 10.2. The molecule has 0 aliphatic carbocycles. The number of amides is 2. The highest BCUT2D eigenvalue weighted by Gasteiger charge is 2.11. The van der Waals surface area contributed by atoms with Crippen molar-refractivity contribution in [1.82, 2.24) is 5.32 Å². The largest absolute Gasteiger partial charge is 0.489 e. The molecule has 3 N–H and O–H groups in total. The number of carbonyl (C=O) groups excluding carboxylic acids is 2. The maximum atomic E-state index is 12.1. The van der Waals surface area contributed by atoms with Crippen LogP contribution >= 0.6 is 11.3 Å². The highest BCUT2D eigenvalue weighted by Crippen LogP contribution is 2.16. The van der Waals surface area contributed by atoms with Crippen LogP contribution in [0.5, 0.6) is 5.75 Å². The first-order valence-corrected chi connectivity index (χ1v) is 8.92. The monoisotopic (exact) mass is 366 g/mol. The summed E-state index contributed by atoms with van der Waals surface area (Å²) in [7, 11) is 0. The molecule has 0 aliphatic heterocycles. The van der Waals surface area contributed by atoms with E-state index in [0.717, 1.165) is 16.9 Å². The zero-order valence-corrected chi connectivity index (χ0v) is 14.8. The van der Waals surface area contributed by atoms with Gasteiger partial charge in [0.15, 0.2) is 0 Å². The molecule has 0 bridgehead atoms. The molecule has 3 rings (SSSR count). The normalized spacial score (nSPS) is 10.3. The first kappa shape index (κ1) is 17.7. The molecule has 0 saturated heterocycles. The van der Waals surface area contributed by atoms with Gasteiger partial charge in [-0.15, -0.1) is 11.3 Å². The smallest absolute Gasteiger partial charge is 0.261 e. The Morgan fingerprint density at radius 1 is 1.00 bits per heavy atom. The van der Waals surface area contributed by atoms with E-state index in [4.69, 9.17) is 10.5 Å². The lowest BCUT2D eigenvalue weighted by Crippen LogP contribution is -2.21. The third-order valence-electron chi connectivity index (χ3n) is 3.73. The van der Waals surface area contributed by atoms with Gasteiger partial charge in [-0.25, -0.2) is 0 Å². The molecule has 3 aromatic rings. The summed E-state index contributed by atoms with van der Waals surface area (Å²) in [6.45, 7) is 0.902. The van der Waals surface area contributed by atoms with Crippen LogP contribution in [0.15, 0.2) is 66.0 Å². The Kier molecular flexibility index (Phi) is 5.66. The molecule has 0 unspecified atom stereocenters. The molecule has 2 aromatic carbocycles. The molecule has 5 nitrogen and oxygen atoms in total. The van der Waals surface area contributed by atoms with Gasteiger partial charge >= 0.3 is 0 Å². The summed E-state index contributed by atoms with van der Waals surface area (Å²) >= 11 is 1.20. The number of nitrogens with two attached hydrogens (primary N) is 1. The van der Waals surface area contributed by atoms with Crippen molar-refractivity contribution in [2.24, 2.45) is 5.73 Å². The molecular weight excluding hydrogens is 348 g/mol. The van der Waals surface area contributed by atoms with E-state index in [1.807, 2.05) is 54.6 Å². The second kappa shape index (κ2) is 8.31. The minimum Gasteiger partial charge on any atom is -0.489 e. The van der Waals surface area contributed by atoms with E-state index in [-0.39, 0.29) is 5.91 Å². The molecular formula is C20H18N2O3S. The number of nitrogens with one attached hydrogen (secondary N) is 1. The number of hydrogen-bond acceptors (Lipinski definition) is 4. The zero-order chi connectivity index (χ0) is 18.4. The summed E-state index contributed by atoms with van der Waals surface area (Å²) in [6, 6.07) is 19.0. The van der Waals surface area contributed by atoms with Gasteiger partial charge in [0.05, 0.1) is 10.4 Å². The summed E-state index contributed by atoms with van der Waals surface area (Å²) in [6.07, 6.45) is 0. The van der Waals surface area contributed by atoms with Crippen molar-refractivity contribution in [2.75, 3.05) is 0 Å². The molecule has 132 valence electrons. The van der Waals surface area contributed by atoms with Crippen LogP contribution in [0.3, 0.4) is 0 Å². The van der Waals surface area contributed by atoms with Crippen LogP contribution in [0, 0.1) is 0 Å². The number of rotatable bonds is 7. The van der Waals surface area contributed by atoms with Crippen LogP contribution in [-0.2, 0) is 13.2 Å². The van der Waals surface area contributed by atoms with E-state index in [1.165, 1.54) is 17.4 Å². The molecule has 2 amide bonds. The fourth-order valence-electron chi connectivity index (χ4n) is 2.30. The first-order valence-electron chi connectivity index (χ1n) is 8.04. The van der Waals surface area contributed by atoms with Gasteiger partial charge in [0, 0.05) is 11.9 Å². The number of carbonyl (C=O) groups is 2. The Hall–Kier alpha value is -3.12. The molecule has 1 heterocycles. The maximum absolute atomic E-state index is 12.1. The van der Waals surface area contributed by atoms with Crippen LogP contribution in [0.4, 0.5) is 0 Å². The molecule has 0 fully saturated rings. The van der Waals surface area contributed by atoms with Gasteiger partial charge in [0.1, 0.15) is 12.4 Å². The number of benzene rings is 2. The number of thiophene rings is 1. The van der Waals surface area contributed by atoms with Crippen molar-refractivity contribution in [3.8, 4) is 5.75 Å². The third kappa shape index (κ3) is 4.70. The van der Waals surface area contributed by atoms with E-state index in [2.05, 4.69) is 5.32 Å². The van der Waals surface area contributed by atoms with E-state index < -0.39 is 5.91 Å². The van der Waals surface area contributed by atoms with Gasteiger partial charge in [0.25, 0.3) is 5.91 Å². The molecule has 0 atom stereocenters.